The maximum atomic E-state index is 9.49. The van der Waals surface area contributed by atoms with E-state index in [1.54, 1.807) is 0 Å². The van der Waals surface area contributed by atoms with Crippen molar-refractivity contribution < 1.29 is 5.11 Å². The molecule has 0 aliphatic carbocycles. The molecular weight excluding hydrogens is 278 g/mol. The third-order valence-electron chi connectivity index (χ3n) is 4.02. The summed E-state index contributed by atoms with van der Waals surface area (Å²) >= 11 is 8.01. The molecule has 2 unspecified atom stereocenters. The molecule has 2 N–H and O–H groups in total. The Morgan fingerprint density at radius 1 is 1.53 bits per heavy atom. The molecule has 1 aromatic rings. The summed E-state index contributed by atoms with van der Waals surface area (Å²) in [6.07, 6.45) is 2.09. The van der Waals surface area contributed by atoms with Crippen molar-refractivity contribution in [2.75, 3.05) is 18.9 Å². The molecule has 106 valence electrons. The smallest absolute Gasteiger partial charge is 0.0496 e. The maximum Gasteiger partial charge on any atom is 0.0496 e. The van der Waals surface area contributed by atoms with Gasteiger partial charge in [0.2, 0.25) is 0 Å². The lowest BCUT2D eigenvalue weighted by atomic mass is 9.88. The van der Waals surface area contributed by atoms with Gasteiger partial charge in [-0.05, 0) is 42.4 Å². The topological polar surface area (TPSA) is 32.3 Å². The van der Waals surface area contributed by atoms with E-state index in [0.29, 0.717) is 6.04 Å². The van der Waals surface area contributed by atoms with Gasteiger partial charge < -0.3 is 10.4 Å². The molecule has 0 radical (unpaired) electrons. The highest BCUT2D eigenvalue weighted by molar-refractivity contribution is 7.99. The molecular formula is C15H22ClNOS. The van der Waals surface area contributed by atoms with Crippen molar-refractivity contribution in [3.8, 4) is 0 Å². The zero-order valence-corrected chi connectivity index (χ0v) is 13.2. The summed E-state index contributed by atoms with van der Waals surface area (Å²) in [7, 11) is 0. The molecule has 19 heavy (non-hydrogen) atoms. The molecule has 0 spiro atoms. The van der Waals surface area contributed by atoms with Gasteiger partial charge in [0.05, 0.1) is 0 Å². The van der Waals surface area contributed by atoms with Crippen LogP contribution < -0.4 is 5.32 Å². The van der Waals surface area contributed by atoms with Gasteiger partial charge in [0, 0.05) is 34.5 Å². The minimum atomic E-state index is -0.0384. The number of fused-ring (bicyclic) bond motifs is 1. The minimum Gasteiger partial charge on any atom is -0.396 e. The highest BCUT2D eigenvalue weighted by Gasteiger charge is 2.25. The van der Waals surface area contributed by atoms with Crippen LogP contribution in [0.25, 0.3) is 0 Å². The van der Waals surface area contributed by atoms with Gasteiger partial charge >= 0.3 is 0 Å². The summed E-state index contributed by atoms with van der Waals surface area (Å²) in [4.78, 5) is 1.33. The zero-order chi connectivity index (χ0) is 13.9. The fraction of sp³-hybridized carbons (Fsp3) is 0.600. The second-order valence-electron chi connectivity index (χ2n) is 5.58. The Labute approximate surface area is 124 Å². The van der Waals surface area contributed by atoms with E-state index in [1.165, 1.54) is 10.5 Å². The third kappa shape index (κ3) is 3.66. The number of thioether (sulfide) groups is 1. The number of hydrogen-bond donors (Lipinski definition) is 2. The lowest BCUT2D eigenvalue weighted by molar-refractivity contribution is 0.131. The largest absolute Gasteiger partial charge is 0.396 e. The molecule has 2 rings (SSSR count). The van der Waals surface area contributed by atoms with Gasteiger partial charge in [0.15, 0.2) is 0 Å². The quantitative estimate of drug-likeness (QED) is 0.865. The summed E-state index contributed by atoms with van der Waals surface area (Å²) in [6, 6.07) is 6.50. The first-order valence-electron chi connectivity index (χ1n) is 6.84. The summed E-state index contributed by atoms with van der Waals surface area (Å²) in [5.41, 5.74) is 1.27. The molecule has 0 saturated carbocycles. The average Bonchev–Trinajstić information content (AvgIpc) is 2.44. The van der Waals surface area contributed by atoms with Crippen molar-refractivity contribution in [1.82, 2.24) is 5.32 Å². The highest BCUT2D eigenvalue weighted by atomic mass is 35.5. The van der Waals surface area contributed by atoms with Crippen LogP contribution in [0.4, 0.5) is 0 Å². The maximum absolute atomic E-state index is 9.49. The van der Waals surface area contributed by atoms with Crippen LogP contribution in [0.3, 0.4) is 0 Å². The van der Waals surface area contributed by atoms with Crippen molar-refractivity contribution in [2.45, 2.75) is 37.6 Å². The summed E-state index contributed by atoms with van der Waals surface area (Å²) < 4.78 is 0. The Hall–Kier alpha value is -0.220. The number of aliphatic hydroxyl groups excluding tert-OH is 1. The van der Waals surface area contributed by atoms with Crippen molar-refractivity contribution in [2.24, 2.45) is 5.41 Å². The predicted octanol–water partition coefficient (Wildman–Crippen LogP) is 3.88. The average molecular weight is 300 g/mol. The SMILES string of the molecule is CCC(C)(CO)CNC1CCSc2ccc(Cl)cc21. The van der Waals surface area contributed by atoms with Crippen LogP contribution >= 0.6 is 23.4 Å². The molecule has 1 aromatic carbocycles. The Morgan fingerprint density at radius 2 is 2.32 bits per heavy atom. The Morgan fingerprint density at radius 3 is 3.00 bits per heavy atom. The van der Waals surface area contributed by atoms with E-state index in [4.69, 9.17) is 11.6 Å². The van der Waals surface area contributed by atoms with Crippen molar-refractivity contribution in [3.63, 3.8) is 0 Å². The Balaban J connectivity index is 2.09. The van der Waals surface area contributed by atoms with Crippen LogP contribution in [0.15, 0.2) is 23.1 Å². The van der Waals surface area contributed by atoms with Gasteiger partial charge in [-0.3, -0.25) is 0 Å². The van der Waals surface area contributed by atoms with Gasteiger partial charge in [-0.15, -0.1) is 11.8 Å². The minimum absolute atomic E-state index is 0.0384. The van der Waals surface area contributed by atoms with E-state index >= 15 is 0 Å². The standard InChI is InChI=1S/C15H22ClNOS/c1-3-15(2,10-18)9-17-13-6-7-19-14-5-4-11(16)8-12(13)14/h4-5,8,13,17-18H,3,6-7,9-10H2,1-2H3. The fourth-order valence-electron chi connectivity index (χ4n) is 2.24. The second kappa shape index (κ2) is 6.49. The lowest BCUT2D eigenvalue weighted by Crippen LogP contribution is -2.37. The molecule has 2 nitrogen and oxygen atoms in total. The van der Waals surface area contributed by atoms with Crippen molar-refractivity contribution in [3.05, 3.63) is 28.8 Å². The molecule has 0 bridgehead atoms. The predicted molar refractivity (Wildman–Crippen MR) is 83.0 cm³/mol. The van der Waals surface area contributed by atoms with Crippen LogP contribution in [0.2, 0.25) is 5.02 Å². The van der Waals surface area contributed by atoms with Crippen molar-refractivity contribution >= 4 is 23.4 Å². The van der Waals surface area contributed by atoms with E-state index in [2.05, 4.69) is 31.3 Å². The number of nitrogens with one attached hydrogen (secondary N) is 1. The fourth-order valence-corrected chi connectivity index (χ4v) is 3.53. The molecule has 2 atom stereocenters. The van der Waals surface area contributed by atoms with E-state index in [9.17, 15) is 5.11 Å². The van der Waals surface area contributed by atoms with Gasteiger partial charge in [-0.1, -0.05) is 25.4 Å². The normalized spacial score (nSPS) is 21.8. The Kier molecular flexibility index (Phi) is 5.18. The van der Waals surface area contributed by atoms with Gasteiger partial charge in [0.1, 0.15) is 0 Å². The highest BCUT2D eigenvalue weighted by Crippen LogP contribution is 2.38. The number of aliphatic hydroxyl groups is 1. The first kappa shape index (κ1) is 15.2. The van der Waals surface area contributed by atoms with Crippen LogP contribution in [0.1, 0.15) is 38.3 Å². The van der Waals surface area contributed by atoms with E-state index < -0.39 is 0 Å². The van der Waals surface area contributed by atoms with Crippen molar-refractivity contribution in [1.29, 1.82) is 0 Å². The number of rotatable bonds is 5. The van der Waals surface area contributed by atoms with Crippen LogP contribution in [0.5, 0.6) is 0 Å². The lowest BCUT2D eigenvalue weighted by Gasteiger charge is -2.32. The molecule has 4 heteroatoms. The molecule has 0 aromatic heterocycles. The molecule has 1 heterocycles. The van der Waals surface area contributed by atoms with Gasteiger partial charge in [-0.25, -0.2) is 0 Å². The second-order valence-corrected chi connectivity index (χ2v) is 7.15. The molecule has 0 amide bonds. The van der Waals surface area contributed by atoms with Crippen LogP contribution in [-0.4, -0.2) is 24.0 Å². The first-order valence-corrected chi connectivity index (χ1v) is 8.21. The summed E-state index contributed by atoms with van der Waals surface area (Å²) in [5.74, 6) is 1.13. The first-order chi connectivity index (χ1) is 9.08. The van der Waals surface area contributed by atoms with E-state index in [0.717, 1.165) is 30.2 Å². The number of hydrogen-bond acceptors (Lipinski definition) is 3. The van der Waals surface area contributed by atoms with E-state index in [1.807, 2.05) is 17.8 Å². The van der Waals surface area contributed by atoms with Crippen LogP contribution in [0, 0.1) is 5.41 Å². The zero-order valence-electron chi connectivity index (χ0n) is 11.6. The molecule has 1 aliphatic rings. The third-order valence-corrected chi connectivity index (χ3v) is 5.38. The molecule has 0 saturated heterocycles. The molecule has 0 fully saturated rings. The monoisotopic (exact) mass is 299 g/mol. The number of benzene rings is 1. The summed E-state index contributed by atoms with van der Waals surface area (Å²) in [6.45, 7) is 5.30. The van der Waals surface area contributed by atoms with Crippen LogP contribution in [-0.2, 0) is 0 Å². The number of halogens is 1. The van der Waals surface area contributed by atoms with Gasteiger partial charge in [0.25, 0.3) is 0 Å². The van der Waals surface area contributed by atoms with E-state index in [-0.39, 0.29) is 12.0 Å². The summed E-state index contributed by atoms with van der Waals surface area (Å²) in [5, 5.41) is 13.9. The Bertz CT molecular complexity index is 434. The molecule has 1 aliphatic heterocycles. The van der Waals surface area contributed by atoms with Gasteiger partial charge in [-0.2, -0.15) is 0 Å².